The van der Waals surface area contributed by atoms with E-state index in [1.807, 2.05) is 0 Å². The Balaban J connectivity index is 2.82. The molecular weight excluding hydrogens is 207 g/mol. The molecule has 1 amide bonds. The monoisotopic (exact) mass is 216 g/mol. The number of carbonyl (C=O) groups is 1. The van der Waals surface area contributed by atoms with E-state index in [1.54, 1.807) is 6.92 Å². The molecule has 0 aliphatic carbocycles. The van der Waals surface area contributed by atoms with Crippen molar-refractivity contribution in [2.75, 3.05) is 5.32 Å². The Morgan fingerprint density at radius 3 is 2.79 bits per heavy atom. The molecule has 1 atom stereocenters. The number of benzene rings is 1. The number of halogens is 2. The van der Waals surface area contributed by atoms with Gasteiger partial charge in [0.15, 0.2) is 0 Å². The fourth-order valence-electron chi connectivity index (χ4n) is 0.911. The van der Waals surface area contributed by atoms with Crippen molar-refractivity contribution < 1.29 is 9.18 Å². The van der Waals surface area contributed by atoms with Crippen LogP contribution in [-0.2, 0) is 4.79 Å². The minimum absolute atomic E-state index is 0.209. The number of hydrogen-bond donors (Lipinski definition) is 2. The third kappa shape index (κ3) is 2.60. The van der Waals surface area contributed by atoms with Crippen molar-refractivity contribution in [2.45, 2.75) is 13.0 Å². The molecule has 0 heterocycles. The number of rotatable bonds is 3. The van der Waals surface area contributed by atoms with Crippen LogP contribution in [0.15, 0.2) is 18.2 Å². The summed E-state index contributed by atoms with van der Waals surface area (Å²) < 4.78 is 13.2. The molecule has 0 aromatic heterocycles. The molecule has 0 radical (unpaired) electrons. The maximum Gasteiger partial charge on any atom is 0.239 e. The summed E-state index contributed by atoms with van der Waals surface area (Å²) in [6.45, 7) is 1.55. The molecule has 1 unspecified atom stereocenters. The summed E-state index contributed by atoms with van der Waals surface area (Å²) in [4.78, 5) is 10.7. The van der Waals surface area contributed by atoms with E-state index in [0.29, 0.717) is 5.02 Å². The highest BCUT2D eigenvalue weighted by atomic mass is 35.5. The lowest BCUT2D eigenvalue weighted by atomic mass is 10.2. The molecule has 1 aromatic carbocycles. The summed E-state index contributed by atoms with van der Waals surface area (Å²) in [5.74, 6) is -1.05. The highest BCUT2D eigenvalue weighted by Gasteiger charge is 2.10. The van der Waals surface area contributed by atoms with E-state index >= 15 is 0 Å². The number of primary amides is 1. The highest BCUT2D eigenvalue weighted by Crippen LogP contribution is 2.19. The van der Waals surface area contributed by atoms with E-state index in [2.05, 4.69) is 5.32 Å². The molecular formula is C9H10ClFN2O. The average Bonchev–Trinajstić information content (AvgIpc) is 2.09. The Hall–Kier alpha value is -1.29. The Bertz CT molecular complexity index is 357. The molecule has 14 heavy (non-hydrogen) atoms. The molecule has 0 aliphatic heterocycles. The van der Waals surface area contributed by atoms with Crippen LogP contribution in [0.5, 0.6) is 0 Å². The van der Waals surface area contributed by atoms with E-state index in [1.165, 1.54) is 12.1 Å². The molecule has 0 fully saturated rings. The van der Waals surface area contributed by atoms with E-state index in [-0.39, 0.29) is 5.69 Å². The molecule has 0 spiro atoms. The van der Waals surface area contributed by atoms with Gasteiger partial charge >= 0.3 is 0 Å². The van der Waals surface area contributed by atoms with Crippen molar-refractivity contribution in [1.82, 2.24) is 0 Å². The van der Waals surface area contributed by atoms with Gasteiger partial charge in [-0.1, -0.05) is 11.6 Å². The van der Waals surface area contributed by atoms with Gasteiger partial charge in [-0.3, -0.25) is 4.79 Å². The van der Waals surface area contributed by atoms with Gasteiger partial charge in [-0.25, -0.2) is 4.39 Å². The molecule has 0 saturated heterocycles. The zero-order valence-corrected chi connectivity index (χ0v) is 8.31. The minimum Gasteiger partial charge on any atom is -0.372 e. The molecule has 5 heteroatoms. The molecule has 0 bridgehead atoms. The lowest BCUT2D eigenvalue weighted by molar-refractivity contribution is -0.118. The van der Waals surface area contributed by atoms with Crippen LogP contribution in [0.2, 0.25) is 5.02 Å². The zero-order chi connectivity index (χ0) is 10.7. The number of amides is 1. The van der Waals surface area contributed by atoms with Crippen LogP contribution in [-0.4, -0.2) is 11.9 Å². The van der Waals surface area contributed by atoms with Gasteiger partial charge in [-0.15, -0.1) is 0 Å². The number of nitrogens with two attached hydrogens (primary N) is 1. The first-order valence-electron chi connectivity index (χ1n) is 4.01. The predicted molar refractivity (Wildman–Crippen MR) is 53.7 cm³/mol. The maximum atomic E-state index is 13.2. The third-order valence-electron chi connectivity index (χ3n) is 1.73. The van der Waals surface area contributed by atoms with Gasteiger partial charge in [0, 0.05) is 5.02 Å². The molecule has 76 valence electrons. The van der Waals surface area contributed by atoms with Gasteiger partial charge in [0.25, 0.3) is 0 Å². The van der Waals surface area contributed by atoms with Gasteiger partial charge < -0.3 is 11.1 Å². The Morgan fingerprint density at radius 1 is 1.64 bits per heavy atom. The van der Waals surface area contributed by atoms with Crippen molar-refractivity contribution in [2.24, 2.45) is 5.73 Å². The van der Waals surface area contributed by atoms with Crippen molar-refractivity contribution in [3.63, 3.8) is 0 Å². The van der Waals surface area contributed by atoms with Crippen LogP contribution in [0.4, 0.5) is 10.1 Å². The molecule has 1 aromatic rings. The molecule has 0 aliphatic rings. The van der Waals surface area contributed by atoms with Crippen LogP contribution in [0, 0.1) is 5.82 Å². The lowest BCUT2D eigenvalue weighted by Crippen LogP contribution is -2.32. The van der Waals surface area contributed by atoms with Gasteiger partial charge in [0.2, 0.25) is 5.91 Å². The number of nitrogens with one attached hydrogen (secondary N) is 1. The zero-order valence-electron chi connectivity index (χ0n) is 7.55. The van der Waals surface area contributed by atoms with Crippen molar-refractivity contribution >= 4 is 23.2 Å². The van der Waals surface area contributed by atoms with Crippen LogP contribution < -0.4 is 11.1 Å². The second kappa shape index (κ2) is 4.28. The topological polar surface area (TPSA) is 55.1 Å². The predicted octanol–water partition coefficient (Wildman–Crippen LogP) is 1.76. The minimum atomic E-state index is -0.620. The van der Waals surface area contributed by atoms with E-state index in [0.717, 1.165) is 6.07 Å². The van der Waals surface area contributed by atoms with E-state index in [9.17, 15) is 9.18 Å². The summed E-state index contributed by atoms with van der Waals surface area (Å²) in [7, 11) is 0. The summed E-state index contributed by atoms with van der Waals surface area (Å²) in [5, 5.41) is 2.93. The quantitative estimate of drug-likeness (QED) is 0.809. The SMILES string of the molecule is CC(Nc1ccc(Cl)cc1F)C(N)=O. The molecule has 1 rings (SSSR count). The fourth-order valence-corrected chi connectivity index (χ4v) is 1.07. The molecule has 3 N–H and O–H groups in total. The number of hydrogen-bond acceptors (Lipinski definition) is 2. The van der Waals surface area contributed by atoms with Gasteiger partial charge in [0.05, 0.1) is 5.69 Å². The standard InChI is InChI=1S/C9H10ClFN2O/c1-5(9(12)14)13-8-3-2-6(10)4-7(8)11/h2-5,13H,1H3,(H2,12,14). The van der Waals surface area contributed by atoms with Crippen molar-refractivity contribution in [3.05, 3.63) is 29.0 Å². The average molecular weight is 217 g/mol. The molecule has 3 nitrogen and oxygen atoms in total. The van der Waals surface area contributed by atoms with Crippen molar-refractivity contribution in [3.8, 4) is 0 Å². The first-order valence-corrected chi connectivity index (χ1v) is 4.39. The summed E-state index contributed by atoms with van der Waals surface area (Å²) in [6, 6.07) is 3.53. The fraction of sp³-hybridized carbons (Fsp3) is 0.222. The third-order valence-corrected chi connectivity index (χ3v) is 1.97. The maximum absolute atomic E-state index is 13.2. The first-order chi connectivity index (χ1) is 6.50. The number of carbonyl (C=O) groups excluding carboxylic acids is 1. The van der Waals surface area contributed by atoms with Gasteiger partial charge in [0.1, 0.15) is 11.9 Å². The van der Waals surface area contributed by atoms with Crippen LogP contribution in [0.25, 0.3) is 0 Å². The first kappa shape index (κ1) is 10.8. The number of anilines is 1. The Kier molecular flexibility index (Phi) is 3.30. The normalized spacial score (nSPS) is 12.2. The second-order valence-electron chi connectivity index (χ2n) is 2.89. The summed E-state index contributed by atoms with van der Waals surface area (Å²) in [5.41, 5.74) is 5.22. The Labute approximate surface area is 86.0 Å². The smallest absolute Gasteiger partial charge is 0.239 e. The van der Waals surface area contributed by atoms with Crippen LogP contribution in [0.1, 0.15) is 6.92 Å². The van der Waals surface area contributed by atoms with E-state index < -0.39 is 17.8 Å². The largest absolute Gasteiger partial charge is 0.372 e. The highest BCUT2D eigenvalue weighted by molar-refractivity contribution is 6.30. The van der Waals surface area contributed by atoms with Gasteiger partial charge in [-0.2, -0.15) is 0 Å². The second-order valence-corrected chi connectivity index (χ2v) is 3.33. The lowest BCUT2D eigenvalue weighted by Gasteiger charge is -2.12. The molecule has 0 saturated carbocycles. The van der Waals surface area contributed by atoms with Crippen LogP contribution >= 0.6 is 11.6 Å². The Morgan fingerprint density at radius 2 is 2.29 bits per heavy atom. The van der Waals surface area contributed by atoms with Crippen LogP contribution in [0.3, 0.4) is 0 Å². The van der Waals surface area contributed by atoms with E-state index in [4.69, 9.17) is 17.3 Å². The summed E-state index contributed by atoms with van der Waals surface area (Å²) >= 11 is 5.56. The van der Waals surface area contributed by atoms with Crippen molar-refractivity contribution in [1.29, 1.82) is 0 Å². The summed E-state index contributed by atoms with van der Waals surface area (Å²) in [6.07, 6.45) is 0. The van der Waals surface area contributed by atoms with Gasteiger partial charge in [-0.05, 0) is 25.1 Å².